The lowest BCUT2D eigenvalue weighted by molar-refractivity contribution is -0.763. The first kappa shape index (κ1) is 42.1. The van der Waals surface area contributed by atoms with Crippen molar-refractivity contribution in [3.63, 3.8) is 0 Å². The van der Waals surface area contributed by atoms with E-state index in [2.05, 4.69) is 10.9 Å². The second-order valence-corrected chi connectivity index (χ2v) is 17.3. The molecule has 61 heavy (non-hydrogen) atoms. The predicted molar refractivity (Wildman–Crippen MR) is 225 cm³/mol. The first-order chi connectivity index (χ1) is 29.4. The van der Waals surface area contributed by atoms with E-state index in [1.54, 1.807) is 44.4 Å². The van der Waals surface area contributed by atoms with Crippen molar-refractivity contribution in [3.8, 4) is 23.0 Å². The maximum Gasteiger partial charge on any atom is 0.415 e. The molecule has 1 saturated heterocycles. The van der Waals surface area contributed by atoms with Gasteiger partial charge >= 0.3 is 6.09 Å². The number of carbonyl (C=O) groups excluding carboxylic acids is 2. The monoisotopic (exact) mass is 855 g/mol. The van der Waals surface area contributed by atoms with Gasteiger partial charge in [-0.2, -0.15) is 0 Å². The molecular formula is C47H51ClFN3O9. The van der Waals surface area contributed by atoms with Gasteiger partial charge in [0.25, 0.3) is 5.09 Å². The van der Waals surface area contributed by atoms with Crippen LogP contribution < -0.4 is 18.9 Å². The van der Waals surface area contributed by atoms with Gasteiger partial charge in [0.05, 0.1) is 37.3 Å². The lowest BCUT2D eigenvalue weighted by Crippen LogP contribution is -2.71. The zero-order chi connectivity index (χ0) is 42.8. The quantitative estimate of drug-likeness (QED) is 0.0579. The molecular weight excluding hydrogens is 805 g/mol. The fourth-order valence-corrected chi connectivity index (χ4v) is 10.4. The van der Waals surface area contributed by atoms with E-state index in [-0.39, 0.29) is 58.5 Å². The van der Waals surface area contributed by atoms with Gasteiger partial charge in [-0.05, 0) is 135 Å². The van der Waals surface area contributed by atoms with Gasteiger partial charge in [0.1, 0.15) is 23.9 Å². The van der Waals surface area contributed by atoms with Gasteiger partial charge in [-0.1, -0.05) is 54.4 Å². The Morgan fingerprint density at radius 3 is 2.43 bits per heavy atom. The number of hydrogen-bond donors (Lipinski definition) is 0. The van der Waals surface area contributed by atoms with Crippen LogP contribution in [0, 0.1) is 41.1 Å². The van der Waals surface area contributed by atoms with Crippen LogP contribution in [0.3, 0.4) is 0 Å². The van der Waals surface area contributed by atoms with E-state index in [0.29, 0.717) is 43.9 Å². The van der Waals surface area contributed by atoms with Crippen LogP contribution in [0.5, 0.6) is 23.0 Å². The number of amides is 2. The third kappa shape index (κ3) is 8.80. The Kier molecular flexibility index (Phi) is 12.3. The van der Waals surface area contributed by atoms with Crippen LogP contribution >= 0.6 is 11.6 Å². The van der Waals surface area contributed by atoms with Gasteiger partial charge < -0.3 is 28.7 Å². The molecule has 12 nitrogen and oxygen atoms in total. The predicted octanol–water partition coefficient (Wildman–Crippen LogP) is 9.77. The molecule has 4 aliphatic rings. The highest BCUT2D eigenvalue weighted by atomic mass is 35.5. The molecule has 4 aromatic rings. The van der Waals surface area contributed by atoms with Crippen LogP contribution in [0.25, 0.3) is 0 Å². The molecule has 5 unspecified atom stereocenters. The number of benzene rings is 4. The molecule has 1 heterocycles. The van der Waals surface area contributed by atoms with Crippen LogP contribution in [0.4, 0.5) is 9.18 Å². The number of aryl methyl sites for hydroxylation is 2. The summed E-state index contributed by atoms with van der Waals surface area (Å²) in [5.41, 5.74) is 4.02. The van der Waals surface area contributed by atoms with Crippen molar-refractivity contribution in [3.05, 3.63) is 128 Å². The number of hydrogen-bond acceptors (Lipinski definition) is 9. The van der Waals surface area contributed by atoms with Gasteiger partial charge in [-0.3, -0.25) is 9.69 Å². The molecule has 8 rings (SSSR count). The van der Waals surface area contributed by atoms with E-state index in [1.165, 1.54) is 6.07 Å². The minimum absolute atomic E-state index is 0.0410. The summed E-state index contributed by atoms with van der Waals surface area (Å²) in [6.45, 7) is 4.69. The Labute approximate surface area is 359 Å². The first-order valence-electron chi connectivity index (χ1n) is 21.1. The van der Waals surface area contributed by atoms with Crippen molar-refractivity contribution in [2.45, 2.75) is 102 Å². The molecule has 1 spiro atoms. The number of carbonyl (C=O) groups is 2. The van der Waals surface area contributed by atoms with Crippen molar-refractivity contribution in [2.24, 2.45) is 11.3 Å². The molecule has 4 aromatic carbocycles. The van der Waals surface area contributed by atoms with E-state index in [1.807, 2.05) is 53.1 Å². The van der Waals surface area contributed by atoms with Crippen molar-refractivity contribution >= 4 is 23.6 Å². The van der Waals surface area contributed by atoms with Gasteiger partial charge in [0, 0.05) is 24.0 Å². The maximum absolute atomic E-state index is 15.3. The molecule has 1 aliphatic heterocycles. The number of nitrogens with zero attached hydrogens (tertiary/aromatic N) is 3. The molecule has 0 radical (unpaired) electrons. The summed E-state index contributed by atoms with van der Waals surface area (Å²) >= 11 is 6.18. The van der Waals surface area contributed by atoms with Crippen molar-refractivity contribution < 1.29 is 42.9 Å². The van der Waals surface area contributed by atoms with E-state index in [9.17, 15) is 19.3 Å². The highest BCUT2D eigenvalue weighted by Gasteiger charge is 2.73. The molecule has 14 heteroatoms. The van der Waals surface area contributed by atoms with Gasteiger partial charge in [-0.25, -0.2) is 9.18 Å². The van der Waals surface area contributed by atoms with Gasteiger partial charge in [0.15, 0.2) is 11.6 Å². The van der Waals surface area contributed by atoms with Gasteiger partial charge in [-0.15, -0.1) is 10.1 Å². The first-order valence-corrected chi connectivity index (χ1v) is 21.4. The molecule has 4 fully saturated rings. The number of unbranched alkanes of at least 4 members (excludes halogenated alkanes) is 1. The smallest absolute Gasteiger partial charge is 0.415 e. The van der Waals surface area contributed by atoms with Crippen molar-refractivity contribution in [1.29, 1.82) is 0 Å². The van der Waals surface area contributed by atoms with E-state index < -0.39 is 22.9 Å². The third-order valence-corrected chi connectivity index (χ3v) is 13.2. The molecule has 2 amide bonds. The maximum atomic E-state index is 15.3. The molecule has 3 aliphatic carbocycles. The molecule has 0 aromatic heterocycles. The van der Waals surface area contributed by atoms with Crippen molar-refractivity contribution in [1.82, 2.24) is 9.80 Å². The Morgan fingerprint density at radius 1 is 0.951 bits per heavy atom. The molecule has 322 valence electrons. The Balaban J connectivity index is 1.01. The summed E-state index contributed by atoms with van der Waals surface area (Å²) in [5, 5.41) is 10.2. The Bertz CT molecular complexity index is 2250. The van der Waals surface area contributed by atoms with Crippen LogP contribution in [0.2, 0.25) is 5.02 Å². The SMILES string of the molecule is COc1ccc(CN(C(=O)C2C(c3ccc(OCCCCOc4c(F)cc(C)cc4Cl)cc3)CC34CCCC3N(C(=O)Oc3cccc(CO[N+](=O)[O-])c3)C24)C2CC2)cc1C. The topological polar surface area (TPSA) is 130 Å². The number of likely N-dealkylation sites (tertiary alicyclic amines) is 1. The zero-order valence-corrected chi connectivity index (χ0v) is 35.4. The Hall–Kier alpha value is -5.56. The standard InChI is InChI=1S/C47H51ClFN3O9/c1-29-22-38(48)43(39(49)23-29)59-21-5-4-20-58-35-16-12-33(13-17-35)37-26-47-19-7-10-41(47)51(46(54)61-36-9-6-8-32(25-36)28-60-52(55)56)44(47)42(37)45(53)50(34-14-15-34)27-31-11-18-40(57-3)30(2)24-31/h6,8-9,11-13,16-18,22-25,34,37,41-42,44H,4-5,7,10,14-15,19-21,26-28H2,1-3H3. The molecule has 0 bridgehead atoms. The number of halogens is 2. The second-order valence-electron chi connectivity index (χ2n) is 16.9. The van der Waals surface area contributed by atoms with E-state index in [4.69, 9.17) is 30.5 Å². The number of methoxy groups -OCH3 is 1. The average Bonchev–Trinajstić information content (AvgIpc) is 3.97. The average molecular weight is 856 g/mol. The Morgan fingerprint density at radius 2 is 1.72 bits per heavy atom. The minimum Gasteiger partial charge on any atom is -0.496 e. The largest absolute Gasteiger partial charge is 0.496 e. The van der Waals surface area contributed by atoms with Crippen LogP contribution in [0.15, 0.2) is 78.9 Å². The fraction of sp³-hybridized carbons (Fsp3) is 0.447. The second kappa shape index (κ2) is 17.8. The van der Waals surface area contributed by atoms with Crippen LogP contribution in [-0.2, 0) is 22.8 Å². The summed E-state index contributed by atoms with van der Waals surface area (Å²) in [6.07, 6.45) is 6.09. The van der Waals surface area contributed by atoms with Gasteiger partial charge in [0.2, 0.25) is 5.91 Å². The van der Waals surface area contributed by atoms with Crippen LogP contribution in [-0.4, -0.2) is 65.3 Å². The minimum atomic E-state index is -0.860. The molecule has 3 saturated carbocycles. The van der Waals surface area contributed by atoms with Crippen molar-refractivity contribution in [2.75, 3.05) is 20.3 Å². The third-order valence-electron chi connectivity index (χ3n) is 12.9. The summed E-state index contributed by atoms with van der Waals surface area (Å²) in [4.78, 5) is 48.8. The highest BCUT2D eigenvalue weighted by Crippen LogP contribution is 2.68. The molecule has 0 N–H and O–H groups in total. The lowest BCUT2D eigenvalue weighted by Gasteiger charge is -2.58. The zero-order valence-electron chi connectivity index (χ0n) is 34.6. The summed E-state index contributed by atoms with van der Waals surface area (Å²) < 4.78 is 37.5. The highest BCUT2D eigenvalue weighted by molar-refractivity contribution is 6.32. The number of rotatable bonds is 17. The van der Waals surface area contributed by atoms with E-state index >= 15 is 4.79 Å². The normalized spacial score (nSPS) is 22.4. The summed E-state index contributed by atoms with van der Waals surface area (Å²) in [6, 6.07) is 23.3. The summed E-state index contributed by atoms with van der Waals surface area (Å²) in [5.74, 6) is 0.701. The summed E-state index contributed by atoms with van der Waals surface area (Å²) in [7, 11) is 1.65. The fourth-order valence-electron chi connectivity index (χ4n) is 10.1. The van der Waals surface area contributed by atoms with E-state index in [0.717, 1.165) is 66.5 Å². The lowest BCUT2D eigenvalue weighted by atomic mass is 9.66. The van der Waals surface area contributed by atoms with Crippen LogP contribution in [0.1, 0.15) is 85.1 Å². The molecule has 5 atom stereocenters. The number of ether oxygens (including phenoxy) is 4.